The number of nitrogens with one attached hydrogen (secondary N) is 2. The second kappa shape index (κ2) is 19.3. The summed E-state index contributed by atoms with van der Waals surface area (Å²) in [5.74, 6) is -0.625. The Hall–Kier alpha value is -4.42. The van der Waals surface area contributed by atoms with E-state index in [0.29, 0.717) is 50.5 Å². The third-order valence-electron chi connectivity index (χ3n) is 10.7. The van der Waals surface area contributed by atoms with E-state index in [4.69, 9.17) is 42.1 Å². The SMILES string of the molecule is COc1ccc([C@H](Cc2c(Cl)c[nH+]cc2Cl)OC(=O)[C@@H]2SCCN2S(=O)(=O)c2cccc(C(=O)NC(C(=O)O[C@H]3CN4CCC3CC4)c3ccccc3)c2)cc1OC.[OH-]. The number of ether oxygens (including phenoxy) is 4. The second-order valence-electron chi connectivity index (χ2n) is 14.2. The van der Waals surface area contributed by atoms with Crippen LogP contribution in [0.15, 0.2) is 90.1 Å². The summed E-state index contributed by atoms with van der Waals surface area (Å²) < 4.78 is 52.6. The minimum atomic E-state index is -4.35. The molecule has 0 radical (unpaired) electrons. The molecule has 4 saturated heterocycles. The fourth-order valence-electron chi connectivity index (χ4n) is 7.56. The molecule has 314 valence electrons. The summed E-state index contributed by atoms with van der Waals surface area (Å²) in [6.45, 7) is 2.62. The first-order valence-electron chi connectivity index (χ1n) is 18.8. The van der Waals surface area contributed by atoms with Gasteiger partial charge in [0.05, 0.1) is 19.1 Å². The van der Waals surface area contributed by atoms with Gasteiger partial charge in [0.25, 0.3) is 5.91 Å². The molecule has 0 saturated carbocycles. The van der Waals surface area contributed by atoms with Gasteiger partial charge in [-0.25, -0.2) is 23.0 Å². The number of H-pyrrole nitrogens is 1. The van der Waals surface area contributed by atoms with Crippen LogP contribution in [0.1, 0.15) is 52.0 Å². The fraction of sp³-hybridized carbons (Fsp3) is 0.366. The monoisotopic (exact) mass is 886 g/mol. The van der Waals surface area contributed by atoms with Crippen LogP contribution in [0.25, 0.3) is 0 Å². The Morgan fingerprint density at radius 2 is 1.61 bits per heavy atom. The van der Waals surface area contributed by atoms with Crippen molar-refractivity contribution in [1.29, 1.82) is 0 Å². The molecule has 2 bridgehead atoms. The second-order valence-corrected chi connectivity index (χ2v) is 18.1. The van der Waals surface area contributed by atoms with Gasteiger partial charge in [-0.1, -0.05) is 65.7 Å². The average Bonchev–Trinajstić information content (AvgIpc) is 3.76. The standard InChI is InChI=1S/C41H42Cl2N4O9S2.H2O/c1-53-33-12-11-27(20-35(33)54-2)34(21-30-31(42)22-44-23-32(30)43)55-41(50)39-47(17-18-57-39)58(51,52)29-10-6-9-28(19-29)38(48)45-37(26-7-4-3-5-8-26)40(49)56-36-24-46-15-13-25(36)14-16-46;/h3-12,19-20,22-23,25,34,36-37,39H,13-18,21,24H2,1-2H3,(H,45,48);1H2/t34-,36-,37?,39-;/m0./s1. The number of aromatic amines is 1. The maximum atomic E-state index is 14.3. The largest absolute Gasteiger partial charge is 0.870 e. The molecular weight excluding hydrogens is 844 g/mol. The molecule has 4 aromatic rings. The van der Waals surface area contributed by atoms with E-state index in [9.17, 15) is 22.8 Å². The summed E-state index contributed by atoms with van der Waals surface area (Å²) in [5.41, 5.74) is 1.58. The number of aromatic nitrogens is 1. The molecule has 1 aromatic heterocycles. The van der Waals surface area contributed by atoms with E-state index < -0.39 is 45.4 Å². The number of piperidine rings is 3. The van der Waals surface area contributed by atoms with Crippen molar-refractivity contribution < 1.29 is 52.2 Å². The van der Waals surface area contributed by atoms with Crippen LogP contribution in [-0.4, -0.2) is 98.6 Å². The topological polar surface area (TPSA) is 185 Å². The Bertz CT molecular complexity index is 2240. The molecule has 14 nitrogen and oxygen atoms in total. The molecule has 4 aliphatic heterocycles. The third kappa shape index (κ3) is 9.80. The van der Waals surface area contributed by atoms with Crippen LogP contribution in [0.5, 0.6) is 11.5 Å². The van der Waals surface area contributed by atoms with Crippen LogP contribution in [0.3, 0.4) is 0 Å². The molecule has 5 heterocycles. The summed E-state index contributed by atoms with van der Waals surface area (Å²) in [6, 6.07) is 18.2. The van der Waals surface area contributed by atoms with Crippen molar-refractivity contribution in [3.63, 3.8) is 0 Å². The molecular formula is C41H44Cl2N4O10S2. The number of hydrogen-bond acceptors (Lipinski definition) is 12. The van der Waals surface area contributed by atoms with Gasteiger partial charge in [0.15, 0.2) is 35.3 Å². The highest BCUT2D eigenvalue weighted by atomic mass is 35.5. The van der Waals surface area contributed by atoms with Crippen LogP contribution in [-0.2, 0) is 35.5 Å². The number of halogens is 2. The summed E-state index contributed by atoms with van der Waals surface area (Å²) in [4.78, 5) is 46.5. The molecule has 3 aromatic carbocycles. The molecule has 3 N–H and O–H groups in total. The van der Waals surface area contributed by atoms with Gasteiger partial charge < -0.3 is 29.7 Å². The zero-order valence-electron chi connectivity index (χ0n) is 32.2. The zero-order chi connectivity index (χ0) is 41.0. The quantitative estimate of drug-likeness (QED) is 0.161. The lowest BCUT2D eigenvalue weighted by Crippen LogP contribution is -2.52. The van der Waals surface area contributed by atoms with Gasteiger partial charge in [-0.3, -0.25) is 9.69 Å². The van der Waals surface area contributed by atoms with E-state index in [0.717, 1.165) is 42.0 Å². The van der Waals surface area contributed by atoms with E-state index in [1.807, 2.05) is 0 Å². The number of fused-ring (bicyclic) bond motifs is 3. The number of sulfonamides is 1. The third-order valence-corrected chi connectivity index (χ3v) is 14.5. The molecule has 4 atom stereocenters. The average molecular weight is 888 g/mol. The minimum absolute atomic E-state index is 0. The van der Waals surface area contributed by atoms with Gasteiger partial charge in [-0.15, -0.1) is 11.8 Å². The molecule has 4 aliphatic rings. The molecule has 4 fully saturated rings. The lowest BCUT2D eigenvalue weighted by molar-refractivity contribution is -0.377. The highest BCUT2D eigenvalue weighted by Gasteiger charge is 2.43. The number of hydrogen-bond donors (Lipinski definition) is 1. The molecule has 1 amide bonds. The summed E-state index contributed by atoms with van der Waals surface area (Å²) in [7, 11) is -1.37. The number of rotatable bonds is 14. The van der Waals surface area contributed by atoms with Crippen molar-refractivity contribution in [2.75, 3.05) is 46.2 Å². The molecule has 0 spiro atoms. The number of pyridine rings is 1. The minimum Gasteiger partial charge on any atom is -0.870 e. The van der Waals surface area contributed by atoms with Crippen molar-refractivity contribution in [3.05, 3.63) is 117 Å². The number of nitrogens with zero attached hydrogens (tertiary/aromatic N) is 2. The van der Waals surface area contributed by atoms with Crippen molar-refractivity contribution in [2.24, 2.45) is 5.92 Å². The van der Waals surface area contributed by atoms with E-state index in [1.54, 1.807) is 60.9 Å². The van der Waals surface area contributed by atoms with Crippen LogP contribution < -0.4 is 19.8 Å². The number of carbonyl (C=O) groups excluding carboxylic acids is 3. The first-order valence-corrected chi connectivity index (χ1v) is 22.0. The normalized spacial score (nSPS) is 21.1. The van der Waals surface area contributed by atoms with Crippen LogP contribution in [0.2, 0.25) is 10.0 Å². The summed E-state index contributed by atoms with van der Waals surface area (Å²) >= 11 is 14.1. The van der Waals surface area contributed by atoms with Crippen LogP contribution in [0.4, 0.5) is 0 Å². The van der Waals surface area contributed by atoms with Crippen LogP contribution >= 0.6 is 35.0 Å². The number of methoxy groups -OCH3 is 2. The maximum absolute atomic E-state index is 14.3. The lowest BCUT2D eigenvalue weighted by Gasteiger charge is -2.44. The zero-order valence-corrected chi connectivity index (χ0v) is 35.4. The smallest absolute Gasteiger partial charge is 0.335 e. The Kier molecular flexibility index (Phi) is 14.4. The number of carbonyl (C=O) groups is 3. The maximum Gasteiger partial charge on any atom is 0.335 e. The fourth-order valence-corrected chi connectivity index (χ4v) is 11.2. The van der Waals surface area contributed by atoms with Gasteiger partial charge in [0.1, 0.15) is 22.3 Å². The number of thioether (sulfide) groups is 1. The molecule has 0 aliphatic carbocycles. The Labute approximate surface area is 356 Å². The lowest BCUT2D eigenvalue weighted by atomic mass is 9.86. The van der Waals surface area contributed by atoms with E-state index in [-0.39, 0.29) is 40.9 Å². The van der Waals surface area contributed by atoms with Gasteiger partial charge >= 0.3 is 11.9 Å². The van der Waals surface area contributed by atoms with E-state index in [1.165, 1.54) is 38.5 Å². The van der Waals surface area contributed by atoms with Crippen molar-refractivity contribution in [2.45, 2.75) is 47.8 Å². The van der Waals surface area contributed by atoms with Gasteiger partial charge in [-0.05, 0) is 73.3 Å². The van der Waals surface area contributed by atoms with Gasteiger partial charge in [0.2, 0.25) is 10.0 Å². The molecule has 8 rings (SSSR count). The first-order chi connectivity index (χ1) is 28.0. The highest BCUT2D eigenvalue weighted by molar-refractivity contribution is 8.02. The summed E-state index contributed by atoms with van der Waals surface area (Å²) in [6.07, 6.45) is 3.83. The van der Waals surface area contributed by atoms with Gasteiger partial charge in [0, 0.05) is 36.4 Å². The predicted octanol–water partition coefficient (Wildman–Crippen LogP) is 5.35. The molecule has 1 unspecified atom stereocenters. The number of esters is 2. The highest BCUT2D eigenvalue weighted by Crippen LogP contribution is 2.38. The van der Waals surface area contributed by atoms with E-state index >= 15 is 0 Å². The van der Waals surface area contributed by atoms with Crippen LogP contribution in [0, 0.1) is 5.92 Å². The molecule has 59 heavy (non-hydrogen) atoms. The Balaban J connectivity index is 0.00000585. The Morgan fingerprint density at radius 3 is 2.27 bits per heavy atom. The van der Waals surface area contributed by atoms with Crippen molar-refractivity contribution >= 4 is 62.8 Å². The molecule has 18 heteroatoms. The van der Waals surface area contributed by atoms with Gasteiger partial charge in [-0.2, -0.15) is 4.31 Å². The number of amides is 1. The van der Waals surface area contributed by atoms with E-state index in [2.05, 4.69) is 15.2 Å². The summed E-state index contributed by atoms with van der Waals surface area (Å²) in [5, 5.41) is 2.18. The first kappa shape index (κ1) is 44.1. The van der Waals surface area contributed by atoms with Crippen molar-refractivity contribution in [3.8, 4) is 11.5 Å². The predicted molar refractivity (Wildman–Crippen MR) is 219 cm³/mol. The Morgan fingerprint density at radius 1 is 0.898 bits per heavy atom. The number of benzene rings is 3. The van der Waals surface area contributed by atoms with Crippen molar-refractivity contribution in [1.82, 2.24) is 14.5 Å².